The van der Waals surface area contributed by atoms with Crippen molar-refractivity contribution in [2.45, 2.75) is 41.7 Å². The van der Waals surface area contributed by atoms with E-state index in [0.717, 1.165) is 30.0 Å². The van der Waals surface area contributed by atoms with Gasteiger partial charge in [-0.3, -0.25) is 4.21 Å². The summed E-state index contributed by atoms with van der Waals surface area (Å²) < 4.78 is 14.0. The molecule has 0 spiro atoms. The Labute approximate surface area is 133 Å². The molecule has 0 amide bonds. The van der Waals surface area contributed by atoms with Crippen LogP contribution in [-0.4, -0.2) is 16.0 Å². The molecule has 0 saturated heterocycles. The molecule has 0 fully saturated rings. The van der Waals surface area contributed by atoms with E-state index in [-0.39, 0.29) is 11.3 Å². The molecule has 21 heavy (non-hydrogen) atoms. The molecule has 1 heterocycles. The SMILES string of the molecule is CCNC1c2ccccc2CCCC1S(=O)c1cccs1. The first-order valence-corrected chi connectivity index (χ1v) is 9.65. The van der Waals surface area contributed by atoms with Gasteiger partial charge in [0.1, 0.15) is 0 Å². The van der Waals surface area contributed by atoms with Gasteiger partial charge in [-0.25, -0.2) is 0 Å². The third-order valence-electron chi connectivity index (χ3n) is 4.09. The molecule has 3 unspecified atom stereocenters. The number of benzene rings is 1. The summed E-state index contributed by atoms with van der Waals surface area (Å²) in [4.78, 5) is 0. The maximum Gasteiger partial charge on any atom is 0.0914 e. The minimum absolute atomic E-state index is 0.159. The topological polar surface area (TPSA) is 29.1 Å². The van der Waals surface area contributed by atoms with Gasteiger partial charge in [0.05, 0.1) is 20.3 Å². The molecule has 0 saturated carbocycles. The third kappa shape index (κ3) is 3.12. The number of thiophene rings is 1. The fourth-order valence-corrected chi connectivity index (χ4v) is 5.89. The summed E-state index contributed by atoms with van der Waals surface area (Å²) in [5.41, 5.74) is 2.75. The molecular weight excluding hydrogens is 298 g/mol. The van der Waals surface area contributed by atoms with Gasteiger partial charge in [0.15, 0.2) is 0 Å². The highest BCUT2D eigenvalue weighted by atomic mass is 32.2. The second-order valence-corrected chi connectivity index (χ2v) is 8.24. The minimum atomic E-state index is -0.933. The van der Waals surface area contributed by atoms with E-state index in [0.29, 0.717) is 0 Å². The Morgan fingerprint density at radius 2 is 2.14 bits per heavy atom. The molecule has 112 valence electrons. The van der Waals surface area contributed by atoms with Crippen LogP contribution in [-0.2, 0) is 17.2 Å². The van der Waals surface area contributed by atoms with Gasteiger partial charge in [-0.1, -0.05) is 37.3 Å². The van der Waals surface area contributed by atoms with Crippen LogP contribution in [0.4, 0.5) is 0 Å². The number of hydrogen-bond donors (Lipinski definition) is 1. The molecule has 2 nitrogen and oxygen atoms in total. The Balaban J connectivity index is 1.97. The molecule has 1 aliphatic rings. The second kappa shape index (κ2) is 6.86. The van der Waals surface area contributed by atoms with Crippen LogP contribution in [0.5, 0.6) is 0 Å². The van der Waals surface area contributed by atoms with Crippen LogP contribution < -0.4 is 5.32 Å². The summed E-state index contributed by atoms with van der Waals surface area (Å²) in [5.74, 6) is 0. The van der Waals surface area contributed by atoms with Crippen LogP contribution in [0, 0.1) is 0 Å². The number of nitrogens with one attached hydrogen (secondary N) is 1. The summed E-state index contributed by atoms with van der Waals surface area (Å²) >= 11 is 1.60. The van der Waals surface area contributed by atoms with Crippen LogP contribution in [0.3, 0.4) is 0 Å². The van der Waals surface area contributed by atoms with Gasteiger partial charge in [0.25, 0.3) is 0 Å². The van der Waals surface area contributed by atoms with E-state index in [1.54, 1.807) is 11.3 Å². The zero-order valence-corrected chi connectivity index (χ0v) is 13.9. The van der Waals surface area contributed by atoms with Crippen molar-refractivity contribution in [1.82, 2.24) is 5.32 Å². The van der Waals surface area contributed by atoms with Crippen molar-refractivity contribution in [3.8, 4) is 0 Å². The summed E-state index contributed by atoms with van der Waals surface area (Å²) in [5, 5.41) is 5.76. The predicted octanol–water partition coefficient (Wildman–Crippen LogP) is 3.91. The molecule has 1 aliphatic carbocycles. The van der Waals surface area contributed by atoms with Crippen LogP contribution in [0.15, 0.2) is 46.0 Å². The lowest BCUT2D eigenvalue weighted by Gasteiger charge is -2.26. The highest BCUT2D eigenvalue weighted by Crippen LogP contribution is 2.34. The quantitative estimate of drug-likeness (QED) is 0.866. The first-order chi connectivity index (χ1) is 10.3. The zero-order chi connectivity index (χ0) is 14.7. The minimum Gasteiger partial charge on any atom is -0.309 e. The fraction of sp³-hybridized carbons (Fsp3) is 0.412. The molecule has 3 atom stereocenters. The molecule has 1 aromatic heterocycles. The summed E-state index contributed by atoms with van der Waals surface area (Å²) in [6.07, 6.45) is 3.22. The Bertz CT molecular complexity index is 609. The fourth-order valence-electron chi connectivity index (χ4n) is 3.15. The molecule has 1 aromatic carbocycles. The van der Waals surface area contributed by atoms with Crippen molar-refractivity contribution in [1.29, 1.82) is 0 Å². The number of rotatable bonds is 4. The van der Waals surface area contributed by atoms with Crippen molar-refractivity contribution in [3.05, 3.63) is 52.9 Å². The van der Waals surface area contributed by atoms with Crippen molar-refractivity contribution < 1.29 is 4.21 Å². The van der Waals surface area contributed by atoms with Crippen molar-refractivity contribution >= 4 is 22.1 Å². The standard InChI is InChI=1S/C17H21NOS2/c1-2-18-17-14-9-4-3-7-13(14)8-5-10-15(17)21(19)16-11-6-12-20-16/h3-4,6-7,9,11-12,15,17-18H,2,5,8,10H2,1H3. The average Bonchev–Trinajstić information content (AvgIpc) is 2.98. The molecule has 2 aromatic rings. The zero-order valence-electron chi connectivity index (χ0n) is 12.2. The summed E-state index contributed by atoms with van der Waals surface area (Å²) in [6, 6.07) is 12.8. The summed E-state index contributed by atoms with van der Waals surface area (Å²) in [7, 11) is -0.933. The van der Waals surface area contributed by atoms with Gasteiger partial charge in [-0.2, -0.15) is 0 Å². The number of aryl methyl sites for hydroxylation is 1. The Morgan fingerprint density at radius 3 is 2.90 bits per heavy atom. The molecule has 4 heteroatoms. The van der Waals surface area contributed by atoms with E-state index in [4.69, 9.17) is 0 Å². The lowest BCUT2D eigenvalue weighted by atomic mass is 9.99. The van der Waals surface area contributed by atoms with Crippen molar-refractivity contribution in [3.63, 3.8) is 0 Å². The first kappa shape index (κ1) is 14.9. The normalized spacial score (nSPS) is 23.3. The first-order valence-electron chi connectivity index (χ1n) is 7.56. The Morgan fingerprint density at radius 1 is 1.29 bits per heavy atom. The number of fused-ring (bicyclic) bond motifs is 1. The maximum absolute atomic E-state index is 13.0. The van der Waals surface area contributed by atoms with E-state index in [9.17, 15) is 4.21 Å². The van der Waals surface area contributed by atoms with Crippen molar-refractivity contribution in [2.75, 3.05) is 6.54 Å². The van der Waals surface area contributed by atoms with Crippen LogP contribution >= 0.6 is 11.3 Å². The lowest BCUT2D eigenvalue weighted by molar-refractivity contribution is 0.505. The molecule has 0 radical (unpaired) electrons. The second-order valence-electron chi connectivity index (χ2n) is 5.39. The highest BCUT2D eigenvalue weighted by molar-refractivity contribution is 7.88. The van der Waals surface area contributed by atoms with Gasteiger partial charge < -0.3 is 5.32 Å². The molecular formula is C17H21NOS2. The Kier molecular flexibility index (Phi) is 4.88. The largest absolute Gasteiger partial charge is 0.309 e. The number of hydrogen-bond acceptors (Lipinski definition) is 3. The van der Waals surface area contributed by atoms with E-state index < -0.39 is 10.8 Å². The van der Waals surface area contributed by atoms with Crippen LogP contribution in [0.2, 0.25) is 0 Å². The van der Waals surface area contributed by atoms with E-state index in [2.05, 4.69) is 36.5 Å². The smallest absolute Gasteiger partial charge is 0.0914 e. The van der Waals surface area contributed by atoms with Gasteiger partial charge in [-0.05, 0) is 48.4 Å². The summed E-state index contributed by atoms with van der Waals surface area (Å²) in [6.45, 7) is 3.02. The van der Waals surface area contributed by atoms with Crippen LogP contribution in [0.25, 0.3) is 0 Å². The van der Waals surface area contributed by atoms with Gasteiger partial charge in [-0.15, -0.1) is 11.3 Å². The van der Waals surface area contributed by atoms with Gasteiger partial charge >= 0.3 is 0 Å². The molecule has 3 rings (SSSR count). The van der Waals surface area contributed by atoms with Gasteiger partial charge in [0.2, 0.25) is 0 Å². The monoisotopic (exact) mass is 319 g/mol. The third-order valence-corrected chi connectivity index (χ3v) is 7.12. The molecule has 0 bridgehead atoms. The maximum atomic E-state index is 13.0. The van der Waals surface area contributed by atoms with E-state index in [1.165, 1.54) is 11.1 Å². The van der Waals surface area contributed by atoms with Gasteiger partial charge in [0, 0.05) is 6.04 Å². The average molecular weight is 319 g/mol. The molecule has 1 N–H and O–H groups in total. The predicted molar refractivity (Wildman–Crippen MR) is 90.3 cm³/mol. The molecule has 0 aliphatic heterocycles. The van der Waals surface area contributed by atoms with E-state index in [1.807, 2.05) is 17.5 Å². The van der Waals surface area contributed by atoms with E-state index >= 15 is 0 Å². The van der Waals surface area contributed by atoms with Crippen LogP contribution in [0.1, 0.15) is 36.9 Å². The lowest BCUT2D eigenvalue weighted by Crippen LogP contribution is -2.34. The Hall–Kier alpha value is -0.970. The van der Waals surface area contributed by atoms with Crippen molar-refractivity contribution in [2.24, 2.45) is 0 Å². The highest BCUT2D eigenvalue weighted by Gasteiger charge is 2.32.